The molecule has 1 aromatic heterocycles. The van der Waals surface area contributed by atoms with E-state index < -0.39 is 29.6 Å². The molecule has 0 spiro atoms. The van der Waals surface area contributed by atoms with Gasteiger partial charge in [-0.15, -0.1) is 0 Å². The van der Waals surface area contributed by atoms with Crippen LogP contribution in [0.4, 0.5) is 26.1 Å². The predicted octanol–water partition coefficient (Wildman–Crippen LogP) is 3.87. The summed E-state index contributed by atoms with van der Waals surface area (Å²) >= 11 is 5.69. The number of aromatic nitrogens is 2. The molecule has 0 bridgehead atoms. The van der Waals surface area contributed by atoms with Gasteiger partial charge in [-0.3, -0.25) is 14.2 Å². The highest BCUT2D eigenvalue weighted by Gasteiger charge is 2.14. The van der Waals surface area contributed by atoms with Gasteiger partial charge in [-0.05, 0) is 43.3 Å². The van der Waals surface area contributed by atoms with Crippen LogP contribution >= 0.6 is 11.6 Å². The summed E-state index contributed by atoms with van der Waals surface area (Å²) in [4.78, 5) is 28.9. The predicted molar refractivity (Wildman–Crippen MR) is 103 cm³/mol. The number of amides is 1. The molecule has 0 fully saturated rings. The van der Waals surface area contributed by atoms with Crippen molar-refractivity contribution in [3.63, 3.8) is 0 Å². The Balaban J connectivity index is 1.86. The summed E-state index contributed by atoms with van der Waals surface area (Å²) in [5, 5.41) is 5.39. The van der Waals surface area contributed by atoms with Gasteiger partial charge < -0.3 is 10.6 Å². The first-order valence-electron chi connectivity index (χ1n) is 8.18. The van der Waals surface area contributed by atoms with Crippen molar-refractivity contribution >= 4 is 34.8 Å². The molecule has 0 aliphatic rings. The van der Waals surface area contributed by atoms with Crippen molar-refractivity contribution < 1.29 is 13.6 Å². The molecular weight excluding hydrogens is 390 g/mol. The molecule has 0 unspecified atom stereocenters. The summed E-state index contributed by atoms with van der Waals surface area (Å²) in [6.45, 7) is 1.19. The Morgan fingerprint density at radius 1 is 1.18 bits per heavy atom. The van der Waals surface area contributed by atoms with Gasteiger partial charge in [0.05, 0.1) is 5.69 Å². The van der Waals surface area contributed by atoms with Gasteiger partial charge in [0.2, 0.25) is 11.9 Å². The topological polar surface area (TPSA) is 76.0 Å². The fraction of sp³-hybridized carbons (Fsp3) is 0.105. The largest absolute Gasteiger partial charge is 0.325 e. The van der Waals surface area contributed by atoms with E-state index >= 15 is 0 Å². The monoisotopic (exact) mass is 404 g/mol. The van der Waals surface area contributed by atoms with E-state index in [-0.39, 0.29) is 16.7 Å². The maximum Gasteiger partial charge on any atom is 0.255 e. The normalized spacial score (nSPS) is 10.6. The van der Waals surface area contributed by atoms with Gasteiger partial charge in [-0.1, -0.05) is 17.7 Å². The van der Waals surface area contributed by atoms with Crippen LogP contribution < -0.4 is 16.2 Å². The van der Waals surface area contributed by atoms with E-state index in [2.05, 4.69) is 15.6 Å². The second-order valence-electron chi connectivity index (χ2n) is 5.95. The summed E-state index contributed by atoms with van der Waals surface area (Å²) in [7, 11) is 0. The lowest BCUT2D eigenvalue weighted by Crippen LogP contribution is -2.30. The maximum absolute atomic E-state index is 13.9. The molecule has 2 N–H and O–H groups in total. The first-order valence-corrected chi connectivity index (χ1v) is 8.55. The van der Waals surface area contributed by atoms with Crippen molar-refractivity contribution in [1.29, 1.82) is 0 Å². The van der Waals surface area contributed by atoms with Gasteiger partial charge in [0, 0.05) is 22.5 Å². The van der Waals surface area contributed by atoms with Gasteiger partial charge in [0.15, 0.2) is 0 Å². The summed E-state index contributed by atoms with van der Waals surface area (Å²) in [5.41, 5.74) is 0.222. The Kier molecular flexibility index (Phi) is 5.70. The number of hydrogen-bond donors (Lipinski definition) is 2. The zero-order valence-corrected chi connectivity index (χ0v) is 15.4. The molecule has 3 aromatic rings. The van der Waals surface area contributed by atoms with Crippen LogP contribution in [0.3, 0.4) is 0 Å². The zero-order chi connectivity index (χ0) is 20.3. The number of carbonyl (C=O) groups excluding carboxylic acids is 1. The molecular formula is C19H15ClF2N4O2. The average Bonchev–Trinajstić information content (AvgIpc) is 2.60. The number of anilines is 3. The maximum atomic E-state index is 13.9. The fourth-order valence-electron chi connectivity index (χ4n) is 2.49. The Hall–Kier alpha value is -3.26. The third-order valence-electron chi connectivity index (χ3n) is 3.72. The van der Waals surface area contributed by atoms with Crippen LogP contribution in [0.25, 0.3) is 0 Å². The number of hydrogen-bond acceptors (Lipinski definition) is 4. The van der Waals surface area contributed by atoms with Crippen LogP contribution in [0.15, 0.2) is 53.3 Å². The van der Waals surface area contributed by atoms with Crippen LogP contribution in [-0.2, 0) is 11.3 Å². The first kappa shape index (κ1) is 19.5. The SMILES string of the molecule is Cc1cc(=O)n(CC(=O)Nc2ccc(Cl)cc2F)c(Nc2cccc(F)c2)n1. The highest BCUT2D eigenvalue weighted by atomic mass is 35.5. The number of halogens is 3. The fourth-order valence-corrected chi connectivity index (χ4v) is 2.65. The van der Waals surface area contributed by atoms with Crippen LogP contribution in [0.2, 0.25) is 5.02 Å². The van der Waals surface area contributed by atoms with Gasteiger partial charge in [0.25, 0.3) is 5.56 Å². The van der Waals surface area contributed by atoms with E-state index in [1.54, 1.807) is 13.0 Å². The quantitative estimate of drug-likeness (QED) is 0.677. The minimum Gasteiger partial charge on any atom is -0.325 e. The van der Waals surface area contributed by atoms with Crippen molar-refractivity contribution in [2.75, 3.05) is 10.6 Å². The van der Waals surface area contributed by atoms with Crippen molar-refractivity contribution in [3.8, 4) is 0 Å². The Bertz CT molecular complexity index is 1100. The number of rotatable bonds is 5. The van der Waals surface area contributed by atoms with Gasteiger partial charge in [0.1, 0.15) is 18.2 Å². The van der Waals surface area contributed by atoms with E-state index in [0.29, 0.717) is 11.4 Å². The smallest absolute Gasteiger partial charge is 0.255 e. The standard InChI is InChI=1S/C19H15ClF2N4O2/c1-11-7-18(28)26(19(23-11)24-14-4-2-3-13(21)9-14)10-17(27)25-16-6-5-12(20)8-15(16)22/h2-9H,10H2,1H3,(H,23,24)(H,25,27). The molecule has 0 aliphatic heterocycles. The van der Waals surface area contributed by atoms with Crippen molar-refractivity contribution in [2.45, 2.75) is 13.5 Å². The molecule has 28 heavy (non-hydrogen) atoms. The Morgan fingerprint density at radius 2 is 1.96 bits per heavy atom. The van der Waals surface area contributed by atoms with Gasteiger partial charge in [-0.2, -0.15) is 0 Å². The van der Waals surface area contributed by atoms with E-state index in [1.807, 2.05) is 0 Å². The van der Waals surface area contributed by atoms with Gasteiger partial charge in [-0.25, -0.2) is 13.8 Å². The van der Waals surface area contributed by atoms with E-state index in [4.69, 9.17) is 11.6 Å². The Morgan fingerprint density at radius 3 is 2.68 bits per heavy atom. The molecule has 1 amide bonds. The summed E-state index contributed by atoms with van der Waals surface area (Å²) in [6, 6.07) is 10.6. The number of nitrogens with zero attached hydrogens (tertiary/aromatic N) is 2. The molecule has 9 heteroatoms. The minimum absolute atomic E-state index is 0.0577. The molecule has 0 radical (unpaired) electrons. The van der Waals surface area contributed by atoms with Crippen LogP contribution in [0.1, 0.15) is 5.69 Å². The second kappa shape index (κ2) is 8.18. The van der Waals surface area contributed by atoms with Crippen molar-refractivity contribution in [2.24, 2.45) is 0 Å². The lowest BCUT2D eigenvalue weighted by molar-refractivity contribution is -0.116. The van der Waals surface area contributed by atoms with Crippen LogP contribution in [0.5, 0.6) is 0 Å². The summed E-state index contributed by atoms with van der Waals surface area (Å²) < 4.78 is 28.3. The third-order valence-corrected chi connectivity index (χ3v) is 3.96. The molecule has 144 valence electrons. The van der Waals surface area contributed by atoms with Crippen LogP contribution in [-0.4, -0.2) is 15.5 Å². The molecule has 0 atom stereocenters. The average molecular weight is 405 g/mol. The highest BCUT2D eigenvalue weighted by Crippen LogP contribution is 2.19. The molecule has 1 heterocycles. The molecule has 6 nitrogen and oxygen atoms in total. The molecule has 0 aliphatic carbocycles. The minimum atomic E-state index is -0.701. The lowest BCUT2D eigenvalue weighted by atomic mass is 10.3. The van der Waals surface area contributed by atoms with Gasteiger partial charge >= 0.3 is 0 Å². The first-order chi connectivity index (χ1) is 13.3. The number of nitrogens with one attached hydrogen (secondary N) is 2. The summed E-state index contributed by atoms with van der Waals surface area (Å²) in [6.07, 6.45) is 0. The zero-order valence-electron chi connectivity index (χ0n) is 14.7. The number of benzene rings is 2. The third kappa shape index (κ3) is 4.72. The van der Waals surface area contributed by atoms with E-state index in [0.717, 1.165) is 10.6 Å². The molecule has 3 rings (SSSR count). The summed E-state index contributed by atoms with van der Waals surface area (Å²) in [5.74, 6) is -1.76. The molecule has 0 saturated heterocycles. The van der Waals surface area contributed by atoms with Crippen LogP contribution in [0, 0.1) is 18.6 Å². The molecule has 0 saturated carbocycles. The van der Waals surface area contributed by atoms with Crippen molar-refractivity contribution in [3.05, 3.63) is 81.2 Å². The van der Waals surface area contributed by atoms with E-state index in [1.165, 1.54) is 36.4 Å². The highest BCUT2D eigenvalue weighted by molar-refractivity contribution is 6.30. The second-order valence-corrected chi connectivity index (χ2v) is 6.39. The lowest BCUT2D eigenvalue weighted by Gasteiger charge is -2.14. The molecule has 2 aromatic carbocycles. The number of carbonyl (C=O) groups is 1. The van der Waals surface area contributed by atoms with Crippen molar-refractivity contribution in [1.82, 2.24) is 9.55 Å². The number of aryl methyl sites for hydroxylation is 1. The Labute approximate surface area is 163 Å². The van der Waals surface area contributed by atoms with E-state index in [9.17, 15) is 18.4 Å².